The number of likely N-dealkylation sites (tertiary alicyclic amines) is 1. The monoisotopic (exact) mass is 297 g/mol. The fourth-order valence-corrected chi connectivity index (χ4v) is 3.27. The lowest BCUT2D eigenvalue weighted by Gasteiger charge is -2.33. The van der Waals surface area contributed by atoms with Gasteiger partial charge in [-0.15, -0.1) is 0 Å². The van der Waals surface area contributed by atoms with Gasteiger partial charge >= 0.3 is 0 Å². The van der Waals surface area contributed by atoms with E-state index < -0.39 is 0 Å². The number of hydrogen-bond donors (Lipinski definition) is 1. The van der Waals surface area contributed by atoms with Gasteiger partial charge in [0.15, 0.2) is 0 Å². The number of aromatic nitrogens is 2. The van der Waals surface area contributed by atoms with Gasteiger partial charge in [-0.05, 0) is 44.6 Å². The lowest BCUT2D eigenvalue weighted by molar-refractivity contribution is 0.232. The van der Waals surface area contributed by atoms with Crippen LogP contribution in [-0.2, 0) is 0 Å². The Morgan fingerprint density at radius 1 is 1.32 bits per heavy atom. The number of hydrogen-bond acceptors (Lipinski definition) is 5. The lowest BCUT2D eigenvalue weighted by Crippen LogP contribution is -2.40. The Morgan fingerprint density at radius 3 is 2.91 bits per heavy atom. The molecule has 0 amide bonds. The zero-order valence-electron chi connectivity index (χ0n) is 13.0. The summed E-state index contributed by atoms with van der Waals surface area (Å²) in [6, 6.07) is 4.26. The summed E-state index contributed by atoms with van der Waals surface area (Å²) in [6.07, 6.45) is 11.6. The molecule has 2 heterocycles. The van der Waals surface area contributed by atoms with Gasteiger partial charge in [-0.25, -0.2) is 9.97 Å². The zero-order chi connectivity index (χ0) is 15.2. The molecule has 5 heteroatoms. The van der Waals surface area contributed by atoms with E-state index in [2.05, 4.69) is 26.3 Å². The standard InChI is InChI=1S/C17H23N5/c18-12-17-19-9-6-16(21-17)20-15-7-10-22(11-8-15)13-14-4-2-1-3-5-14/h4,6,9,15H,1-3,5,7-8,10-11,13H2,(H,19,20,21). The first-order chi connectivity index (χ1) is 10.8. The molecule has 1 N–H and O–H groups in total. The van der Waals surface area contributed by atoms with Crippen LogP contribution < -0.4 is 5.32 Å². The maximum Gasteiger partial charge on any atom is 0.234 e. The second kappa shape index (κ2) is 7.37. The smallest absolute Gasteiger partial charge is 0.234 e. The number of nitrogens with zero attached hydrogens (tertiary/aromatic N) is 4. The molecule has 3 rings (SSSR count). The Hall–Kier alpha value is -1.93. The van der Waals surface area contributed by atoms with Gasteiger partial charge in [0.2, 0.25) is 5.82 Å². The highest BCUT2D eigenvalue weighted by molar-refractivity contribution is 5.36. The van der Waals surface area contributed by atoms with Gasteiger partial charge in [-0.3, -0.25) is 4.90 Å². The van der Waals surface area contributed by atoms with E-state index in [0.29, 0.717) is 6.04 Å². The van der Waals surface area contributed by atoms with Gasteiger partial charge in [-0.2, -0.15) is 5.26 Å². The van der Waals surface area contributed by atoms with Crippen molar-refractivity contribution in [2.75, 3.05) is 25.0 Å². The summed E-state index contributed by atoms with van der Waals surface area (Å²) in [4.78, 5) is 10.7. The lowest BCUT2D eigenvalue weighted by atomic mass is 9.98. The van der Waals surface area contributed by atoms with Crippen molar-refractivity contribution in [3.63, 3.8) is 0 Å². The van der Waals surface area contributed by atoms with Crippen molar-refractivity contribution in [3.8, 4) is 6.07 Å². The van der Waals surface area contributed by atoms with Gasteiger partial charge in [0.1, 0.15) is 11.9 Å². The highest BCUT2D eigenvalue weighted by Crippen LogP contribution is 2.21. The Morgan fingerprint density at radius 2 is 2.18 bits per heavy atom. The minimum absolute atomic E-state index is 0.228. The molecule has 22 heavy (non-hydrogen) atoms. The molecule has 5 nitrogen and oxygen atoms in total. The summed E-state index contributed by atoms with van der Waals surface area (Å²) in [5, 5.41) is 12.3. The maximum absolute atomic E-state index is 8.84. The number of anilines is 1. The first-order valence-corrected chi connectivity index (χ1v) is 8.23. The molecule has 1 aromatic rings. The van der Waals surface area contributed by atoms with Crippen LogP contribution in [0.5, 0.6) is 0 Å². The van der Waals surface area contributed by atoms with Gasteiger partial charge in [0.25, 0.3) is 0 Å². The van der Waals surface area contributed by atoms with E-state index in [1.807, 2.05) is 12.1 Å². The predicted molar refractivity (Wildman–Crippen MR) is 86.4 cm³/mol. The molecule has 0 spiro atoms. The second-order valence-corrected chi connectivity index (χ2v) is 6.18. The molecular weight excluding hydrogens is 274 g/mol. The Bertz CT molecular complexity index is 567. The van der Waals surface area contributed by atoms with Crippen LogP contribution in [0.4, 0.5) is 5.82 Å². The zero-order valence-corrected chi connectivity index (χ0v) is 13.0. The third kappa shape index (κ3) is 4.05. The van der Waals surface area contributed by atoms with Crippen molar-refractivity contribution in [1.82, 2.24) is 14.9 Å². The van der Waals surface area contributed by atoms with Gasteiger partial charge < -0.3 is 5.32 Å². The van der Waals surface area contributed by atoms with Crippen LogP contribution in [0, 0.1) is 11.3 Å². The summed E-state index contributed by atoms with van der Waals surface area (Å²) >= 11 is 0. The summed E-state index contributed by atoms with van der Waals surface area (Å²) in [7, 11) is 0. The molecule has 0 unspecified atom stereocenters. The third-order valence-corrected chi connectivity index (χ3v) is 4.51. The Balaban J connectivity index is 1.47. The highest BCUT2D eigenvalue weighted by Gasteiger charge is 2.20. The minimum atomic E-state index is 0.228. The highest BCUT2D eigenvalue weighted by atomic mass is 15.1. The van der Waals surface area contributed by atoms with Crippen LogP contribution in [-0.4, -0.2) is 40.5 Å². The first-order valence-electron chi connectivity index (χ1n) is 8.23. The average molecular weight is 297 g/mol. The quantitative estimate of drug-likeness (QED) is 0.866. The van der Waals surface area contributed by atoms with E-state index in [1.165, 1.54) is 25.7 Å². The molecular formula is C17H23N5. The fourth-order valence-electron chi connectivity index (χ4n) is 3.27. The number of allylic oxidation sites excluding steroid dienone is 1. The summed E-state index contributed by atoms with van der Waals surface area (Å²) in [5.74, 6) is 0.992. The molecule has 1 saturated heterocycles. The Kier molecular flexibility index (Phi) is 5.02. The van der Waals surface area contributed by atoms with Crippen LogP contribution in [0.15, 0.2) is 23.9 Å². The molecule has 1 aliphatic heterocycles. The number of rotatable bonds is 4. The van der Waals surface area contributed by atoms with Crippen LogP contribution in [0.2, 0.25) is 0 Å². The fraction of sp³-hybridized carbons (Fsp3) is 0.588. The van der Waals surface area contributed by atoms with Crippen molar-refractivity contribution in [3.05, 3.63) is 29.7 Å². The van der Waals surface area contributed by atoms with E-state index in [9.17, 15) is 0 Å². The van der Waals surface area contributed by atoms with E-state index >= 15 is 0 Å². The molecule has 0 aromatic carbocycles. The molecule has 0 bridgehead atoms. The molecule has 0 saturated carbocycles. The topological polar surface area (TPSA) is 64.8 Å². The van der Waals surface area contributed by atoms with Crippen molar-refractivity contribution in [2.24, 2.45) is 0 Å². The molecule has 0 radical (unpaired) electrons. The molecule has 116 valence electrons. The van der Waals surface area contributed by atoms with Crippen LogP contribution in [0.1, 0.15) is 44.3 Å². The van der Waals surface area contributed by atoms with E-state index in [0.717, 1.165) is 38.3 Å². The predicted octanol–water partition coefficient (Wildman–Crippen LogP) is 2.72. The average Bonchev–Trinajstić information content (AvgIpc) is 2.58. The SMILES string of the molecule is N#Cc1nccc(NC2CCN(CC3=CCCCC3)CC2)n1. The third-order valence-electron chi connectivity index (χ3n) is 4.51. The normalized spacial score (nSPS) is 20.2. The number of piperidine rings is 1. The summed E-state index contributed by atoms with van der Waals surface area (Å²) in [5.41, 5.74) is 1.63. The molecule has 2 aliphatic rings. The van der Waals surface area contributed by atoms with Gasteiger partial charge in [0.05, 0.1) is 0 Å². The van der Waals surface area contributed by atoms with Crippen molar-refractivity contribution < 1.29 is 0 Å². The summed E-state index contributed by atoms with van der Waals surface area (Å²) < 4.78 is 0. The Labute approximate surface area is 132 Å². The molecule has 1 fully saturated rings. The molecule has 1 aliphatic carbocycles. The maximum atomic E-state index is 8.84. The van der Waals surface area contributed by atoms with E-state index in [-0.39, 0.29) is 5.82 Å². The van der Waals surface area contributed by atoms with E-state index in [1.54, 1.807) is 11.8 Å². The number of nitriles is 1. The molecule has 0 atom stereocenters. The largest absolute Gasteiger partial charge is 0.367 e. The van der Waals surface area contributed by atoms with Crippen molar-refractivity contribution >= 4 is 5.82 Å². The first kappa shape index (κ1) is 15.0. The summed E-state index contributed by atoms with van der Waals surface area (Å²) in [6.45, 7) is 3.41. The van der Waals surface area contributed by atoms with Crippen LogP contribution in [0.3, 0.4) is 0 Å². The van der Waals surface area contributed by atoms with E-state index in [4.69, 9.17) is 5.26 Å². The van der Waals surface area contributed by atoms with Crippen molar-refractivity contribution in [2.45, 2.75) is 44.6 Å². The van der Waals surface area contributed by atoms with Crippen molar-refractivity contribution in [1.29, 1.82) is 5.26 Å². The minimum Gasteiger partial charge on any atom is -0.367 e. The van der Waals surface area contributed by atoms with Crippen LogP contribution >= 0.6 is 0 Å². The van der Waals surface area contributed by atoms with Gasteiger partial charge in [-0.1, -0.05) is 11.6 Å². The number of nitrogens with one attached hydrogen (secondary N) is 1. The molecule has 1 aromatic heterocycles. The van der Waals surface area contributed by atoms with Crippen LogP contribution in [0.25, 0.3) is 0 Å². The van der Waals surface area contributed by atoms with Gasteiger partial charge in [0, 0.05) is 31.9 Å². The second-order valence-electron chi connectivity index (χ2n) is 6.18.